The van der Waals surface area contributed by atoms with Gasteiger partial charge in [0.2, 0.25) is 11.8 Å². The van der Waals surface area contributed by atoms with Crippen molar-refractivity contribution in [3.8, 4) is 11.3 Å². The van der Waals surface area contributed by atoms with Crippen LogP contribution in [0.3, 0.4) is 0 Å². The van der Waals surface area contributed by atoms with Gasteiger partial charge in [-0.25, -0.2) is 14.6 Å². The van der Waals surface area contributed by atoms with E-state index in [9.17, 15) is 53.9 Å². The molecule has 0 saturated carbocycles. The number of nitrogen functional groups attached to an aromatic ring is 1. The largest absolute Gasteiger partial charge is 0.490 e. The van der Waals surface area contributed by atoms with Gasteiger partial charge in [-0.05, 0) is 68.1 Å². The van der Waals surface area contributed by atoms with E-state index < -0.39 is 59.9 Å². The zero-order valence-electron chi connectivity index (χ0n) is 31.8. The molecule has 4 aromatic rings. The van der Waals surface area contributed by atoms with Crippen molar-refractivity contribution in [2.24, 2.45) is 5.73 Å². The molecule has 2 amide bonds. The maximum Gasteiger partial charge on any atom is 0.490 e. The summed E-state index contributed by atoms with van der Waals surface area (Å²) in [6.07, 6.45) is -9.33. The van der Waals surface area contributed by atoms with Crippen LogP contribution in [0.25, 0.3) is 11.3 Å². The minimum absolute atomic E-state index is 0.0513. The summed E-state index contributed by atoms with van der Waals surface area (Å²) in [4.78, 5) is 65.2. The number of carboxylic acids is 2. The summed E-state index contributed by atoms with van der Waals surface area (Å²) in [7, 11) is 0. The number of anilines is 2. The number of rotatable bonds is 13. The molecule has 2 heterocycles. The van der Waals surface area contributed by atoms with Crippen molar-refractivity contribution in [2.45, 2.75) is 70.8 Å². The molecular formula is C37H37F9N8O7. The monoisotopic (exact) mass is 876 g/mol. The van der Waals surface area contributed by atoms with Crippen LogP contribution in [0.1, 0.15) is 48.9 Å². The van der Waals surface area contributed by atoms with Crippen molar-refractivity contribution in [3.63, 3.8) is 0 Å². The zero-order valence-corrected chi connectivity index (χ0v) is 31.8. The minimum atomic E-state index is -5.08. The number of carbonyl (C=O) groups is 4. The van der Waals surface area contributed by atoms with Gasteiger partial charge in [-0.15, -0.1) is 0 Å². The number of carboxylic acid groups (broad SMARTS) is 2. The van der Waals surface area contributed by atoms with Gasteiger partial charge < -0.3 is 31.9 Å². The van der Waals surface area contributed by atoms with Crippen LogP contribution >= 0.6 is 0 Å². The van der Waals surface area contributed by atoms with Gasteiger partial charge >= 0.3 is 30.5 Å². The van der Waals surface area contributed by atoms with Crippen molar-refractivity contribution < 1.29 is 68.9 Å². The third-order valence-corrected chi connectivity index (χ3v) is 7.48. The molecule has 8 N–H and O–H groups in total. The summed E-state index contributed by atoms with van der Waals surface area (Å²) in [6, 6.07) is 13.0. The second-order valence-electron chi connectivity index (χ2n) is 12.7. The van der Waals surface area contributed by atoms with Crippen LogP contribution in [0.4, 0.5) is 51.0 Å². The number of hydrogen-bond donors (Lipinski definition) is 7. The number of halogens is 9. The van der Waals surface area contributed by atoms with Crippen LogP contribution in [-0.2, 0) is 44.9 Å². The summed E-state index contributed by atoms with van der Waals surface area (Å²) in [5.41, 5.74) is 5.67. The van der Waals surface area contributed by atoms with Gasteiger partial charge in [0.05, 0.1) is 17.5 Å². The Morgan fingerprint density at radius 1 is 0.836 bits per heavy atom. The number of pyridine rings is 1. The molecule has 0 aliphatic heterocycles. The number of amides is 2. The summed E-state index contributed by atoms with van der Waals surface area (Å²) in [6.45, 7) is 3.12. The highest BCUT2D eigenvalue weighted by molar-refractivity contribution is 5.95. The Kier molecular flexibility index (Phi) is 17.9. The molecule has 330 valence electrons. The van der Waals surface area contributed by atoms with E-state index in [1.807, 2.05) is 12.1 Å². The van der Waals surface area contributed by atoms with Crippen molar-refractivity contribution in [1.29, 1.82) is 5.41 Å². The molecule has 0 bridgehead atoms. The molecular weight excluding hydrogens is 839 g/mol. The van der Waals surface area contributed by atoms with E-state index in [1.165, 1.54) is 12.3 Å². The smallest absolute Gasteiger partial charge is 0.475 e. The van der Waals surface area contributed by atoms with E-state index >= 15 is 0 Å². The van der Waals surface area contributed by atoms with Gasteiger partial charge in [-0.3, -0.25) is 29.3 Å². The number of hydrogen-bond acceptors (Lipinski definition) is 9. The standard InChI is InChI=1S/C33H35F3N8O3.2C2HF3O2/c1-20(2)42-31-32(47)44(19-29(46)40-17-22-6-8-23(9-7-22)30(37)38)27(18-41-31)24-14-25(33(34,35)36)16-26(15-24)43-28(45)5-3-4-21-10-12-39-13-11-21;2*3-2(4,5)1(6)7/h6-16,18,20H,3-5,17,19H2,1-2H3,(H3,37,38)(H,40,46)(H,41,42)(H,43,45);2*(H,6,7). The topological polar surface area (TPSA) is 242 Å². The van der Waals surface area contributed by atoms with E-state index in [0.717, 1.165) is 22.3 Å². The molecule has 0 saturated heterocycles. The van der Waals surface area contributed by atoms with Crippen molar-refractivity contribution in [1.82, 2.24) is 19.9 Å². The molecule has 0 aliphatic carbocycles. The number of nitrogens with one attached hydrogen (secondary N) is 4. The van der Waals surface area contributed by atoms with Gasteiger partial charge in [-0.2, -0.15) is 39.5 Å². The molecule has 15 nitrogen and oxygen atoms in total. The van der Waals surface area contributed by atoms with E-state index in [-0.39, 0.29) is 47.6 Å². The van der Waals surface area contributed by atoms with Gasteiger partial charge in [0.15, 0.2) is 5.82 Å². The van der Waals surface area contributed by atoms with Gasteiger partial charge in [0.25, 0.3) is 5.56 Å². The molecule has 61 heavy (non-hydrogen) atoms. The normalized spacial score (nSPS) is 11.3. The fourth-order valence-electron chi connectivity index (χ4n) is 4.69. The first-order valence-electron chi connectivity index (χ1n) is 17.3. The Hall–Kier alpha value is -7.01. The number of aryl methyl sites for hydroxylation is 1. The lowest BCUT2D eigenvalue weighted by molar-refractivity contribution is -0.193. The van der Waals surface area contributed by atoms with Crippen LogP contribution < -0.4 is 27.2 Å². The van der Waals surface area contributed by atoms with Crippen LogP contribution in [-0.4, -0.2) is 72.7 Å². The molecule has 0 aliphatic rings. The second kappa shape index (κ2) is 21.8. The molecule has 2 aromatic carbocycles. The molecule has 0 atom stereocenters. The van der Waals surface area contributed by atoms with Crippen LogP contribution in [0.2, 0.25) is 0 Å². The fraction of sp³-hybridized carbons (Fsp3) is 0.297. The molecule has 24 heteroatoms. The lowest BCUT2D eigenvalue weighted by Crippen LogP contribution is -2.35. The van der Waals surface area contributed by atoms with Crippen molar-refractivity contribution in [2.75, 3.05) is 10.6 Å². The Labute approximate surface area is 339 Å². The summed E-state index contributed by atoms with van der Waals surface area (Å²) < 4.78 is 107. The fourth-order valence-corrected chi connectivity index (χ4v) is 4.69. The number of nitrogens with two attached hydrogens (primary N) is 1. The van der Waals surface area contributed by atoms with E-state index in [0.29, 0.717) is 24.0 Å². The predicted molar refractivity (Wildman–Crippen MR) is 200 cm³/mol. The van der Waals surface area contributed by atoms with E-state index in [2.05, 4.69) is 25.9 Å². The maximum absolute atomic E-state index is 14.0. The first-order chi connectivity index (χ1) is 28.2. The second-order valence-corrected chi connectivity index (χ2v) is 12.7. The average molecular weight is 877 g/mol. The molecule has 2 aromatic heterocycles. The van der Waals surface area contributed by atoms with Crippen molar-refractivity contribution >= 4 is 41.1 Å². The summed E-state index contributed by atoms with van der Waals surface area (Å²) in [5, 5.41) is 29.9. The van der Waals surface area contributed by atoms with Gasteiger partial charge in [-0.1, -0.05) is 24.3 Å². The number of benzene rings is 2. The average Bonchev–Trinajstić information content (AvgIpc) is 3.15. The molecule has 0 fully saturated rings. The number of carbonyl (C=O) groups excluding carboxylic acids is 2. The quantitative estimate of drug-likeness (QED) is 0.0469. The number of nitrogens with zero attached hydrogens (tertiary/aromatic N) is 3. The SMILES string of the molecule is CC(C)Nc1ncc(-c2cc(NC(=O)CCCc3ccncc3)cc(C(F)(F)F)c2)n(CC(=O)NCc2ccc(C(=N)N)cc2)c1=O.O=C(O)C(F)(F)F.O=C(O)C(F)(F)F. The lowest BCUT2D eigenvalue weighted by Gasteiger charge is -2.18. The zero-order chi connectivity index (χ0) is 46.3. The first-order valence-corrected chi connectivity index (χ1v) is 17.3. The number of amidine groups is 1. The summed E-state index contributed by atoms with van der Waals surface area (Å²) in [5.74, 6) is -6.76. The molecule has 0 spiro atoms. The third kappa shape index (κ3) is 17.4. The van der Waals surface area contributed by atoms with Crippen molar-refractivity contribution in [3.05, 3.63) is 106 Å². The highest BCUT2D eigenvalue weighted by atomic mass is 19.4. The Balaban J connectivity index is 0.000000784. The van der Waals surface area contributed by atoms with Crippen LogP contribution in [0.15, 0.2) is 78.0 Å². The lowest BCUT2D eigenvalue weighted by atomic mass is 10.1. The Morgan fingerprint density at radius 3 is 1.89 bits per heavy atom. The van der Waals surface area contributed by atoms with Gasteiger partial charge in [0.1, 0.15) is 12.4 Å². The minimum Gasteiger partial charge on any atom is -0.475 e. The number of aromatic nitrogens is 3. The van der Waals surface area contributed by atoms with Crippen LogP contribution in [0, 0.1) is 5.41 Å². The molecule has 0 unspecified atom stereocenters. The summed E-state index contributed by atoms with van der Waals surface area (Å²) >= 11 is 0. The Morgan fingerprint density at radius 2 is 1.39 bits per heavy atom. The third-order valence-electron chi connectivity index (χ3n) is 7.48. The highest BCUT2D eigenvalue weighted by Crippen LogP contribution is 2.35. The maximum atomic E-state index is 14.0. The van der Waals surface area contributed by atoms with Gasteiger partial charge in [0, 0.05) is 48.2 Å². The number of alkyl halides is 9. The van der Waals surface area contributed by atoms with E-state index in [1.54, 1.807) is 50.5 Å². The Bertz CT molecular complexity index is 2190. The van der Waals surface area contributed by atoms with E-state index in [4.69, 9.17) is 30.9 Å². The molecule has 0 radical (unpaired) electrons. The number of aliphatic carboxylic acids is 2. The first kappa shape index (κ1) is 50.1. The van der Waals surface area contributed by atoms with Crippen LogP contribution in [0.5, 0.6) is 0 Å². The predicted octanol–water partition coefficient (Wildman–Crippen LogP) is 5.97. The highest BCUT2D eigenvalue weighted by Gasteiger charge is 2.39. The molecule has 4 rings (SSSR count).